The maximum absolute atomic E-state index is 13.7. The zero-order valence-electron chi connectivity index (χ0n) is 13.5. The van der Waals surface area contributed by atoms with Crippen molar-refractivity contribution in [3.63, 3.8) is 0 Å². The molecule has 0 radical (unpaired) electrons. The van der Waals surface area contributed by atoms with Crippen molar-refractivity contribution in [2.45, 2.75) is 36.2 Å². The topological polar surface area (TPSA) is 83.6 Å². The summed E-state index contributed by atoms with van der Waals surface area (Å²) < 4.78 is 76.8. The van der Waals surface area contributed by atoms with E-state index in [1.54, 1.807) is 0 Å². The van der Waals surface area contributed by atoms with Crippen molar-refractivity contribution in [1.29, 1.82) is 0 Å². The van der Waals surface area contributed by atoms with Crippen LogP contribution in [0.2, 0.25) is 0 Å². The molecule has 0 aliphatic carbocycles. The fourth-order valence-corrected chi connectivity index (χ4v) is 6.55. The number of hydrogen-bond acceptors (Lipinski definition) is 5. The summed E-state index contributed by atoms with van der Waals surface area (Å²) in [6, 6.07) is 1.99. The van der Waals surface area contributed by atoms with Crippen LogP contribution >= 0.6 is 0 Å². The number of sulfonamides is 1. The second-order valence-electron chi connectivity index (χ2n) is 6.56. The van der Waals surface area contributed by atoms with E-state index in [-0.39, 0.29) is 23.6 Å². The lowest BCUT2D eigenvalue weighted by molar-refractivity contribution is 0.161. The van der Waals surface area contributed by atoms with Crippen LogP contribution in [0, 0.1) is 11.6 Å². The van der Waals surface area contributed by atoms with Gasteiger partial charge in [0.15, 0.2) is 9.84 Å². The smallest absolute Gasteiger partial charge is 0.243 e. The Kier molecular flexibility index (Phi) is 5.16. The van der Waals surface area contributed by atoms with E-state index in [4.69, 9.17) is 0 Å². The first-order valence-corrected chi connectivity index (χ1v) is 11.4. The van der Waals surface area contributed by atoms with Crippen molar-refractivity contribution < 1.29 is 25.6 Å². The van der Waals surface area contributed by atoms with Crippen LogP contribution in [0.5, 0.6) is 0 Å². The van der Waals surface area contributed by atoms with Crippen molar-refractivity contribution in [2.24, 2.45) is 0 Å². The van der Waals surface area contributed by atoms with E-state index in [0.717, 1.165) is 12.1 Å². The predicted molar refractivity (Wildman–Crippen MR) is 88.3 cm³/mol. The average Bonchev–Trinajstić information content (AvgIpc) is 2.87. The molecule has 6 nitrogen and oxygen atoms in total. The molecule has 2 aliphatic heterocycles. The fraction of sp³-hybridized carbons (Fsp3) is 0.600. The van der Waals surface area contributed by atoms with Gasteiger partial charge in [-0.1, -0.05) is 0 Å². The maximum atomic E-state index is 13.7. The summed E-state index contributed by atoms with van der Waals surface area (Å²) >= 11 is 0. The first-order valence-electron chi connectivity index (χ1n) is 8.08. The molecule has 0 bridgehead atoms. The van der Waals surface area contributed by atoms with Crippen LogP contribution in [0.1, 0.15) is 19.3 Å². The number of piperidine rings is 1. The highest BCUT2D eigenvalue weighted by atomic mass is 32.2. The summed E-state index contributed by atoms with van der Waals surface area (Å²) in [5.74, 6) is -1.60. The Bertz CT molecular complexity index is 850. The van der Waals surface area contributed by atoms with Gasteiger partial charge in [0, 0.05) is 18.2 Å². The minimum absolute atomic E-state index is 0.00269. The van der Waals surface area contributed by atoms with Gasteiger partial charge in [0.05, 0.1) is 11.5 Å². The number of rotatable bonds is 4. The Hall–Kier alpha value is -1.10. The normalized spacial score (nSPS) is 25.3. The largest absolute Gasteiger partial charge is 0.299 e. The molecule has 25 heavy (non-hydrogen) atoms. The second kappa shape index (κ2) is 6.90. The zero-order valence-corrected chi connectivity index (χ0v) is 15.1. The third kappa shape index (κ3) is 4.36. The highest BCUT2D eigenvalue weighted by Gasteiger charge is 2.35. The molecule has 2 saturated heterocycles. The van der Waals surface area contributed by atoms with Gasteiger partial charge in [0.2, 0.25) is 10.0 Å². The fourth-order valence-electron chi connectivity index (χ4n) is 3.42. The number of nitrogens with zero attached hydrogens (tertiary/aromatic N) is 1. The number of halogens is 2. The van der Waals surface area contributed by atoms with E-state index < -0.39 is 36.4 Å². The lowest BCUT2D eigenvalue weighted by Gasteiger charge is -2.35. The summed E-state index contributed by atoms with van der Waals surface area (Å²) in [5.41, 5.74) is 0. The highest BCUT2D eigenvalue weighted by molar-refractivity contribution is 7.91. The molecule has 2 aliphatic rings. The zero-order chi connectivity index (χ0) is 18.2. The lowest BCUT2D eigenvalue weighted by Crippen LogP contribution is -2.48. The molecule has 0 aromatic heterocycles. The molecule has 1 atom stereocenters. The molecule has 1 aromatic carbocycles. The van der Waals surface area contributed by atoms with Crippen LogP contribution in [-0.2, 0) is 19.9 Å². The highest BCUT2D eigenvalue weighted by Crippen LogP contribution is 2.23. The van der Waals surface area contributed by atoms with Crippen LogP contribution in [0.25, 0.3) is 0 Å². The molecule has 2 heterocycles. The SMILES string of the molecule is O=S1(=O)CC[C@@H](N2CCC(NS(=O)(=O)c3ccc(F)cc3F)CC2)C1. The summed E-state index contributed by atoms with van der Waals surface area (Å²) in [5, 5.41) is 0. The standard InChI is InChI=1S/C15H20F2N2O4S2/c16-11-1-2-15(14(17)9-11)25(22,23)18-12-3-6-19(7-4-12)13-5-8-24(20,21)10-13/h1-2,9,12-13,18H,3-8,10H2/t13-/m1/s1. The van der Waals surface area contributed by atoms with Gasteiger partial charge in [-0.05, 0) is 44.5 Å². The second-order valence-corrected chi connectivity index (χ2v) is 10.5. The van der Waals surface area contributed by atoms with E-state index >= 15 is 0 Å². The Labute approximate surface area is 146 Å². The lowest BCUT2D eigenvalue weighted by atomic mass is 10.0. The predicted octanol–water partition coefficient (Wildman–Crippen LogP) is 0.895. The van der Waals surface area contributed by atoms with Gasteiger partial charge in [-0.15, -0.1) is 0 Å². The first-order chi connectivity index (χ1) is 11.7. The molecule has 1 N–H and O–H groups in total. The van der Waals surface area contributed by atoms with Crippen LogP contribution < -0.4 is 4.72 Å². The quantitative estimate of drug-likeness (QED) is 0.820. The Morgan fingerprint density at radius 2 is 1.80 bits per heavy atom. The van der Waals surface area contributed by atoms with E-state index in [1.165, 1.54) is 0 Å². The minimum Gasteiger partial charge on any atom is -0.299 e. The van der Waals surface area contributed by atoms with Crippen molar-refractivity contribution in [1.82, 2.24) is 9.62 Å². The van der Waals surface area contributed by atoms with Gasteiger partial charge in [0.25, 0.3) is 0 Å². The molecule has 1 aromatic rings. The molecule has 3 rings (SSSR count). The van der Waals surface area contributed by atoms with E-state index in [1.807, 2.05) is 0 Å². The molecular formula is C15H20F2N2O4S2. The number of sulfone groups is 1. The summed E-state index contributed by atoms with van der Waals surface area (Å²) in [4.78, 5) is 1.51. The first kappa shape index (κ1) is 18.7. The number of benzene rings is 1. The molecule has 10 heteroatoms. The Morgan fingerprint density at radius 1 is 1.12 bits per heavy atom. The van der Waals surface area contributed by atoms with Gasteiger partial charge in [-0.2, -0.15) is 0 Å². The van der Waals surface area contributed by atoms with Gasteiger partial charge in [-0.25, -0.2) is 30.3 Å². The third-order valence-corrected chi connectivity index (χ3v) is 8.06. The van der Waals surface area contributed by atoms with Crippen LogP contribution in [-0.4, -0.2) is 58.4 Å². The number of likely N-dealkylation sites (tertiary alicyclic amines) is 1. The number of nitrogens with one attached hydrogen (secondary N) is 1. The van der Waals surface area contributed by atoms with Crippen LogP contribution in [0.15, 0.2) is 23.1 Å². The van der Waals surface area contributed by atoms with E-state index in [9.17, 15) is 25.6 Å². The molecule has 0 saturated carbocycles. The van der Waals surface area contributed by atoms with Crippen LogP contribution in [0.4, 0.5) is 8.78 Å². The van der Waals surface area contributed by atoms with E-state index in [2.05, 4.69) is 9.62 Å². The van der Waals surface area contributed by atoms with Gasteiger partial charge < -0.3 is 0 Å². The monoisotopic (exact) mass is 394 g/mol. The van der Waals surface area contributed by atoms with E-state index in [0.29, 0.717) is 38.4 Å². The summed E-state index contributed by atoms with van der Waals surface area (Å²) in [7, 11) is -7.03. The van der Waals surface area contributed by atoms with Crippen molar-refractivity contribution in [3.05, 3.63) is 29.8 Å². The van der Waals surface area contributed by atoms with Gasteiger partial charge >= 0.3 is 0 Å². The molecular weight excluding hydrogens is 374 g/mol. The van der Waals surface area contributed by atoms with Crippen LogP contribution in [0.3, 0.4) is 0 Å². The molecule has 0 amide bonds. The van der Waals surface area contributed by atoms with Gasteiger partial charge in [0.1, 0.15) is 16.5 Å². The molecule has 2 fully saturated rings. The molecule has 140 valence electrons. The van der Waals surface area contributed by atoms with Crippen molar-refractivity contribution in [2.75, 3.05) is 24.6 Å². The van der Waals surface area contributed by atoms with Crippen molar-refractivity contribution >= 4 is 19.9 Å². The van der Waals surface area contributed by atoms with Gasteiger partial charge in [-0.3, -0.25) is 4.90 Å². The Balaban J connectivity index is 1.60. The molecule has 0 spiro atoms. The number of hydrogen-bond donors (Lipinski definition) is 1. The summed E-state index contributed by atoms with van der Waals surface area (Å²) in [6.45, 7) is 1.17. The third-order valence-electron chi connectivity index (χ3n) is 4.76. The summed E-state index contributed by atoms with van der Waals surface area (Å²) in [6.07, 6.45) is 1.64. The van der Waals surface area contributed by atoms with Crippen molar-refractivity contribution in [3.8, 4) is 0 Å². The minimum atomic E-state index is -4.07. The maximum Gasteiger partial charge on any atom is 0.243 e. The molecule has 0 unspecified atom stereocenters. The Morgan fingerprint density at radius 3 is 2.36 bits per heavy atom. The average molecular weight is 394 g/mol.